The van der Waals surface area contributed by atoms with Gasteiger partial charge in [-0.2, -0.15) is 0 Å². The van der Waals surface area contributed by atoms with E-state index in [4.69, 9.17) is 20.0 Å². The van der Waals surface area contributed by atoms with Crippen molar-refractivity contribution in [2.75, 3.05) is 0 Å². The molecule has 128 valence electrons. The number of hydrogen-bond acceptors (Lipinski definition) is 0. The molecule has 0 unspecified atom stereocenters. The number of rotatable bonds is 2. The Morgan fingerprint density at radius 3 is 0.870 bits per heavy atom. The summed E-state index contributed by atoms with van der Waals surface area (Å²) in [5, 5.41) is 0. The molecule has 0 aliphatic heterocycles. The first-order chi connectivity index (χ1) is 10.3. The molecule has 0 heterocycles. The molecule has 0 fully saturated rings. The van der Waals surface area contributed by atoms with Crippen LogP contribution >= 0.6 is 20.0 Å². The molecule has 0 amide bonds. The van der Waals surface area contributed by atoms with Gasteiger partial charge in [-0.25, -0.2) is 0 Å². The molecule has 0 nitrogen and oxygen atoms in total. The fraction of sp³-hybridized carbons (Fsp3) is 0.600. The second-order valence-corrected chi connectivity index (χ2v) is 21.3. The molecule has 0 saturated carbocycles. The van der Waals surface area contributed by atoms with Gasteiger partial charge in [0.2, 0.25) is 0 Å². The van der Waals surface area contributed by atoms with Crippen LogP contribution in [-0.2, 0) is 0 Å². The topological polar surface area (TPSA) is 0 Å². The van der Waals surface area contributed by atoms with Gasteiger partial charge >= 0.3 is 154 Å². The van der Waals surface area contributed by atoms with Gasteiger partial charge < -0.3 is 0 Å². The van der Waals surface area contributed by atoms with E-state index < -0.39 is 11.4 Å². The van der Waals surface area contributed by atoms with Crippen LogP contribution in [0, 0.1) is 0 Å². The Labute approximate surface area is 153 Å². The monoisotopic (exact) mass is 414 g/mol. The maximum atomic E-state index is 7.49. The number of hydrogen-bond donors (Lipinski definition) is 0. The first kappa shape index (κ1) is 19.4. The zero-order valence-electron chi connectivity index (χ0n) is 16.3. The second kappa shape index (κ2) is 5.54. The summed E-state index contributed by atoms with van der Waals surface area (Å²) < 4.78 is -0.362. The maximum absolute atomic E-state index is 7.49. The van der Waals surface area contributed by atoms with Crippen molar-refractivity contribution in [3.63, 3.8) is 0 Å². The first-order valence-corrected chi connectivity index (χ1v) is 16.0. The molecule has 0 atom stereocenters. The third-order valence-electron chi connectivity index (χ3n) is 7.63. The summed E-state index contributed by atoms with van der Waals surface area (Å²) in [5.41, 5.74) is 11.0. The van der Waals surface area contributed by atoms with E-state index in [0.717, 1.165) is 0 Å². The van der Waals surface area contributed by atoms with Crippen molar-refractivity contribution in [1.29, 1.82) is 0 Å². The zero-order chi connectivity index (χ0) is 18.1. The van der Waals surface area contributed by atoms with Gasteiger partial charge in [0.15, 0.2) is 0 Å². The molecular weight excluding hydrogens is 384 g/mol. The fourth-order valence-electron chi connectivity index (χ4n) is 4.63. The van der Waals surface area contributed by atoms with Crippen LogP contribution in [0.1, 0.15) is 69.2 Å². The summed E-state index contributed by atoms with van der Waals surface area (Å²) in [5.74, 6) is 0. The summed E-state index contributed by atoms with van der Waals surface area (Å²) in [6.45, 7) is 22.4. The molecule has 0 N–H and O–H groups in total. The predicted molar refractivity (Wildman–Crippen MR) is 108 cm³/mol. The van der Waals surface area contributed by atoms with Gasteiger partial charge in [0, 0.05) is 0 Å². The number of halogens is 2. The van der Waals surface area contributed by atoms with Crippen molar-refractivity contribution >= 4 is 31.4 Å². The van der Waals surface area contributed by atoms with Crippen LogP contribution in [0.15, 0.2) is 44.6 Å². The van der Waals surface area contributed by atoms with Gasteiger partial charge in [0.25, 0.3) is 0 Å². The second-order valence-electron chi connectivity index (χ2n) is 7.82. The van der Waals surface area contributed by atoms with E-state index >= 15 is 0 Å². The van der Waals surface area contributed by atoms with E-state index in [-0.39, 0.29) is 8.49 Å². The molecule has 2 rings (SSSR count). The minimum atomic E-state index is -3.44. The average Bonchev–Trinajstić information content (AvgIpc) is 2.76. The summed E-state index contributed by atoms with van der Waals surface area (Å²) in [6.07, 6.45) is 0. The van der Waals surface area contributed by atoms with Gasteiger partial charge in [-0.1, -0.05) is 0 Å². The van der Waals surface area contributed by atoms with Gasteiger partial charge in [-0.05, 0) is 0 Å². The number of allylic oxidation sites excluding steroid dienone is 8. The molecule has 0 aromatic carbocycles. The Hall–Kier alpha value is 0.0829. The van der Waals surface area contributed by atoms with Crippen LogP contribution in [0.3, 0.4) is 0 Å². The Balaban J connectivity index is 2.80. The third kappa shape index (κ3) is 2.04. The Morgan fingerprint density at radius 2 is 0.696 bits per heavy atom. The van der Waals surface area contributed by atoms with Crippen LogP contribution in [-0.4, -0.2) is 11.4 Å². The van der Waals surface area contributed by atoms with Crippen molar-refractivity contribution in [2.24, 2.45) is 0 Å². The van der Waals surface area contributed by atoms with Crippen molar-refractivity contribution in [3.8, 4) is 0 Å². The van der Waals surface area contributed by atoms with Crippen molar-refractivity contribution in [1.82, 2.24) is 0 Å². The van der Waals surface area contributed by atoms with E-state index in [1.807, 2.05) is 0 Å². The predicted octanol–water partition coefficient (Wildman–Crippen LogP) is 7.80. The molecule has 0 bridgehead atoms. The molecule has 2 aliphatic rings. The molecule has 0 saturated heterocycles. The molecular formula is C20H30Cl2Ge. The standard InChI is InChI=1S/C20H30Cl2Ge/c1-11-12(2)16(6)19(9,15(11)5)23(21,22)20(10)17(7)13(3)14(4)18(20)8/h1-10H3. The molecule has 0 radical (unpaired) electrons. The molecule has 2 aliphatic carbocycles. The molecule has 0 aromatic rings. The van der Waals surface area contributed by atoms with Crippen LogP contribution in [0.4, 0.5) is 0 Å². The van der Waals surface area contributed by atoms with Crippen molar-refractivity contribution in [3.05, 3.63) is 44.6 Å². The van der Waals surface area contributed by atoms with Gasteiger partial charge in [0.1, 0.15) is 0 Å². The van der Waals surface area contributed by atoms with Gasteiger partial charge in [-0.3, -0.25) is 0 Å². The van der Waals surface area contributed by atoms with Crippen LogP contribution in [0.5, 0.6) is 0 Å². The molecule has 0 aromatic heterocycles. The van der Waals surface area contributed by atoms with E-state index in [0.29, 0.717) is 0 Å². The molecule has 3 heteroatoms. The summed E-state index contributed by atoms with van der Waals surface area (Å²) in [4.78, 5) is 0. The average molecular weight is 414 g/mol. The zero-order valence-corrected chi connectivity index (χ0v) is 19.9. The van der Waals surface area contributed by atoms with E-state index in [1.165, 1.54) is 44.6 Å². The van der Waals surface area contributed by atoms with Crippen LogP contribution in [0.25, 0.3) is 0 Å². The third-order valence-corrected chi connectivity index (χ3v) is 23.9. The van der Waals surface area contributed by atoms with Gasteiger partial charge in [0.05, 0.1) is 0 Å². The summed E-state index contributed by atoms with van der Waals surface area (Å²) in [6, 6.07) is 0. The molecule has 23 heavy (non-hydrogen) atoms. The summed E-state index contributed by atoms with van der Waals surface area (Å²) in [7, 11) is 15.0. The normalized spacial score (nSPS) is 24.5. The Kier molecular flexibility index (Phi) is 4.68. The fourth-order valence-corrected chi connectivity index (χ4v) is 18.1. The Morgan fingerprint density at radius 1 is 0.522 bits per heavy atom. The van der Waals surface area contributed by atoms with Crippen molar-refractivity contribution < 1.29 is 0 Å². The van der Waals surface area contributed by atoms with Gasteiger partial charge in [-0.15, -0.1) is 0 Å². The summed E-state index contributed by atoms with van der Waals surface area (Å²) >= 11 is -3.44. The van der Waals surface area contributed by atoms with Crippen molar-refractivity contribution in [2.45, 2.75) is 77.7 Å². The minimum absolute atomic E-state index is 0.181. The van der Waals surface area contributed by atoms with E-state index in [9.17, 15) is 0 Å². The van der Waals surface area contributed by atoms with Crippen LogP contribution in [0.2, 0.25) is 8.49 Å². The van der Waals surface area contributed by atoms with Crippen LogP contribution < -0.4 is 0 Å². The molecule has 0 spiro atoms. The Bertz CT molecular complexity index is 606. The SMILES string of the molecule is CC1=C(C)[C](C)([Ge]([Cl])([Cl])[C]2(C)C(C)=C(C)C(C)=C2C)C(C)=C1C. The van der Waals surface area contributed by atoms with E-state index in [1.54, 1.807) is 0 Å². The van der Waals surface area contributed by atoms with E-state index in [2.05, 4.69) is 69.2 Å². The first-order valence-electron chi connectivity index (χ1n) is 8.38. The quantitative estimate of drug-likeness (QED) is 0.405.